The van der Waals surface area contributed by atoms with Crippen molar-refractivity contribution < 1.29 is 9.47 Å². The highest BCUT2D eigenvalue weighted by Gasteiger charge is 2.35. The molecule has 20 heavy (non-hydrogen) atoms. The molecule has 0 aromatic heterocycles. The molecule has 1 fully saturated rings. The van der Waals surface area contributed by atoms with E-state index in [1.807, 2.05) is 0 Å². The van der Waals surface area contributed by atoms with Gasteiger partial charge in [-0.15, -0.1) is 0 Å². The van der Waals surface area contributed by atoms with Gasteiger partial charge in [0.1, 0.15) is 5.60 Å². The Morgan fingerprint density at radius 3 is 3.15 bits per heavy atom. The maximum atomic E-state index is 5.71. The summed E-state index contributed by atoms with van der Waals surface area (Å²) in [6.45, 7) is 4.36. The van der Waals surface area contributed by atoms with Crippen molar-refractivity contribution in [3.05, 3.63) is 35.4 Å². The molecular formula is C16H24N2O2. The van der Waals surface area contributed by atoms with E-state index < -0.39 is 0 Å². The second kappa shape index (κ2) is 6.22. The lowest BCUT2D eigenvalue weighted by Crippen LogP contribution is -2.44. The Morgan fingerprint density at radius 2 is 2.35 bits per heavy atom. The van der Waals surface area contributed by atoms with E-state index in [1.54, 1.807) is 7.11 Å². The summed E-state index contributed by atoms with van der Waals surface area (Å²) in [5, 5.41) is 7.20. The summed E-state index contributed by atoms with van der Waals surface area (Å²) >= 11 is 0. The molecule has 1 aromatic carbocycles. The van der Waals surface area contributed by atoms with Crippen LogP contribution in [0.15, 0.2) is 24.3 Å². The Labute approximate surface area is 120 Å². The summed E-state index contributed by atoms with van der Waals surface area (Å²) < 4.78 is 11.2. The van der Waals surface area contributed by atoms with Crippen LogP contribution in [0.25, 0.3) is 0 Å². The van der Waals surface area contributed by atoms with E-state index in [9.17, 15) is 0 Å². The molecule has 1 saturated heterocycles. The number of fused-ring (bicyclic) bond motifs is 1. The van der Waals surface area contributed by atoms with E-state index >= 15 is 0 Å². The van der Waals surface area contributed by atoms with Gasteiger partial charge in [0.25, 0.3) is 0 Å². The summed E-state index contributed by atoms with van der Waals surface area (Å²) in [6.07, 6.45) is 2.08. The van der Waals surface area contributed by atoms with Gasteiger partial charge in [-0.25, -0.2) is 0 Å². The maximum Gasteiger partial charge on any atom is 0.106 e. The minimum Gasteiger partial charge on any atom is -0.378 e. The molecule has 1 aromatic rings. The lowest BCUT2D eigenvalue weighted by molar-refractivity contribution is -0.0176. The minimum absolute atomic E-state index is 0.144. The normalized spacial score (nSPS) is 29.9. The first kappa shape index (κ1) is 14.0. The largest absolute Gasteiger partial charge is 0.378 e. The lowest BCUT2D eigenvalue weighted by atomic mass is 9.97. The highest BCUT2D eigenvalue weighted by atomic mass is 16.5. The van der Waals surface area contributed by atoms with Crippen molar-refractivity contribution in [3.8, 4) is 0 Å². The van der Waals surface area contributed by atoms with Crippen LogP contribution in [0.2, 0.25) is 0 Å². The lowest BCUT2D eigenvalue weighted by Gasteiger charge is -2.29. The van der Waals surface area contributed by atoms with Crippen molar-refractivity contribution >= 4 is 0 Å². The van der Waals surface area contributed by atoms with E-state index in [0.717, 1.165) is 39.1 Å². The van der Waals surface area contributed by atoms with Crippen LogP contribution in [0.3, 0.4) is 0 Å². The molecule has 2 aliphatic heterocycles. The highest BCUT2D eigenvalue weighted by Crippen LogP contribution is 2.26. The molecule has 2 unspecified atom stereocenters. The Kier molecular flexibility index (Phi) is 4.36. The van der Waals surface area contributed by atoms with Gasteiger partial charge in [0.2, 0.25) is 0 Å². The second-order valence-electron chi connectivity index (χ2n) is 5.79. The molecule has 0 spiro atoms. The molecule has 4 nitrogen and oxygen atoms in total. The standard InChI is InChI=1S/C16H24N2O2/c1-19-16(7-9-20-12-16)11-18-15-6-8-17-10-13-4-2-3-5-14(13)15/h2-5,15,17-18H,6-12H2,1H3. The van der Waals surface area contributed by atoms with Crippen molar-refractivity contribution in [2.45, 2.75) is 31.0 Å². The first-order chi connectivity index (χ1) is 9.83. The predicted octanol–water partition coefficient (Wildman–Crippen LogP) is 1.62. The zero-order valence-corrected chi connectivity index (χ0v) is 12.2. The van der Waals surface area contributed by atoms with Crippen molar-refractivity contribution in [3.63, 3.8) is 0 Å². The van der Waals surface area contributed by atoms with Crippen molar-refractivity contribution in [1.29, 1.82) is 0 Å². The zero-order chi connectivity index (χ0) is 13.8. The molecule has 0 radical (unpaired) electrons. The van der Waals surface area contributed by atoms with E-state index in [0.29, 0.717) is 12.6 Å². The number of hydrogen-bond acceptors (Lipinski definition) is 4. The van der Waals surface area contributed by atoms with Gasteiger partial charge >= 0.3 is 0 Å². The predicted molar refractivity (Wildman–Crippen MR) is 78.7 cm³/mol. The smallest absolute Gasteiger partial charge is 0.106 e. The average molecular weight is 276 g/mol. The molecule has 4 heteroatoms. The third-order valence-electron chi connectivity index (χ3n) is 4.53. The number of rotatable bonds is 4. The number of hydrogen-bond donors (Lipinski definition) is 2. The van der Waals surface area contributed by atoms with E-state index in [-0.39, 0.29) is 5.60 Å². The molecule has 2 N–H and O–H groups in total. The SMILES string of the molecule is COC1(CNC2CCNCc3ccccc32)CCOC1. The molecule has 3 rings (SSSR count). The average Bonchev–Trinajstić information content (AvgIpc) is 2.87. The van der Waals surface area contributed by atoms with Gasteiger partial charge in [0.05, 0.1) is 6.61 Å². The Balaban J connectivity index is 1.70. The summed E-state index contributed by atoms with van der Waals surface area (Å²) in [7, 11) is 1.79. The monoisotopic (exact) mass is 276 g/mol. The van der Waals surface area contributed by atoms with Crippen LogP contribution >= 0.6 is 0 Å². The van der Waals surface area contributed by atoms with Gasteiger partial charge in [-0.2, -0.15) is 0 Å². The minimum atomic E-state index is -0.144. The van der Waals surface area contributed by atoms with Crippen LogP contribution < -0.4 is 10.6 Å². The second-order valence-corrected chi connectivity index (χ2v) is 5.79. The van der Waals surface area contributed by atoms with Crippen molar-refractivity contribution in [2.75, 3.05) is 33.4 Å². The molecule has 2 atom stereocenters. The first-order valence-electron chi connectivity index (χ1n) is 7.48. The highest BCUT2D eigenvalue weighted by molar-refractivity contribution is 5.31. The molecule has 0 amide bonds. The third-order valence-corrected chi connectivity index (χ3v) is 4.53. The quantitative estimate of drug-likeness (QED) is 0.877. The van der Waals surface area contributed by atoms with Gasteiger partial charge < -0.3 is 20.1 Å². The van der Waals surface area contributed by atoms with Crippen molar-refractivity contribution in [1.82, 2.24) is 10.6 Å². The fraction of sp³-hybridized carbons (Fsp3) is 0.625. The number of benzene rings is 1. The van der Waals surface area contributed by atoms with Gasteiger partial charge in [0, 0.05) is 39.3 Å². The van der Waals surface area contributed by atoms with Crippen LogP contribution in [0, 0.1) is 0 Å². The van der Waals surface area contributed by atoms with Gasteiger partial charge in [-0.05, 0) is 24.1 Å². The molecule has 2 heterocycles. The van der Waals surface area contributed by atoms with Crippen LogP contribution in [0.1, 0.15) is 30.0 Å². The zero-order valence-electron chi connectivity index (χ0n) is 12.2. The van der Waals surface area contributed by atoms with Gasteiger partial charge in [0.15, 0.2) is 0 Å². The maximum absolute atomic E-state index is 5.71. The first-order valence-corrected chi connectivity index (χ1v) is 7.48. The molecule has 2 aliphatic rings. The summed E-state index contributed by atoms with van der Waals surface area (Å²) in [6, 6.07) is 9.10. The van der Waals surface area contributed by atoms with Crippen LogP contribution in [-0.2, 0) is 16.0 Å². The van der Waals surface area contributed by atoms with Crippen LogP contribution in [0.5, 0.6) is 0 Å². The van der Waals surface area contributed by atoms with Crippen LogP contribution in [-0.4, -0.2) is 39.0 Å². The molecule has 0 saturated carbocycles. The van der Waals surface area contributed by atoms with Gasteiger partial charge in [-0.3, -0.25) is 0 Å². The summed E-state index contributed by atoms with van der Waals surface area (Å²) in [5.41, 5.74) is 2.67. The summed E-state index contributed by atoms with van der Waals surface area (Å²) in [4.78, 5) is 0. The Hall–Kier alpha value is -0.940. The number of nitrogens with one attached hydrogen (secondary N) is 2. The number of methoxy groups -OCH3 is 1. The van der Waals surface area contributed by atoms with E-state index in [2.05, 4.69) is 34.9 Å². The van der Waals surface area contributed by atoms with Gasteiger partial charge in [-0.1, -0.05) is 24.3 Å². The topological polar surface area (TPSA) is 42.5 Å². The third kappa shape index (κ3) is 2.88. The fourth-order valence-electron chi connectivity index (χ4n) is 3.14. The number of ether oxygens (including phenoxy) is 2. The Morgan fingerprint density at radius 1 is 1.45 bits per heavy atom. The Bertz CT molecular complexity index is 444. The van der Waals surface area contributed by atoms with E-state index in [4.69, 9.17) is 9.47 Å². The molecule has 110 valence electrons. The fourth-order valence-corrected chi connectivity index (χ4v) is 3.14. The van der Waals surface area contributed by atoms with Crippen molar-refractivity contribution in [2.24, 2.45) is 0 Å². The molecule has 0 aliphatic carbocycles. The molecular weight excluding hydrogens is 252 g/mol. The summed E-state index contributed by atoms with van der Waals surface area (Å²) in [5.74, 6) is 0. The van der Waals surface area contributed by atoms with Crippen LogP contribution in [0.4, 0.5) is 0 Å². The molecule has 0 bridgehead atoms. The van der Waals surface area contributed by atoms with E-state index in [1.165, 1.54) is 11.1 Å².